The summed E-state index contributed by atoms with van der Waals surface area (Å²) < 4.78 is 0. The third-order valence-electron chi connectivity index (χ3n) is 3.84. The van der Waals surface area contributed by atoms with E-state index < -0.39 is 5.97 Å². The van der Waals surface area contributed by atoms with Crippen LogP contribution < -0.4 is 0 Å². The maximum absolute atomic E-state index is 12.1. The van der Waals surface area contributed by atoms with Gasteiger partial charge in [-0.05, 0) is 30.9 Å². The Hall–Kier alpha value is -2.24. The normalized spacial score (nSPS) is 15.2. The van der Waals surface area contributed by atoms with Gasteiger partial charge in [0, 0.05) is 19.2 Å². The first-order valence-electron chi connectivity index (χ1n) is 7.07. The number of carboxylic acids is 1. The van der Waals surface area contributed by atoms with Crippen molar-refractivity contribution in [1.82, 2.24) is 9.88 Å². The molecule has 2 heterocycles. The zero-order valence-electron chi connectivity index (χ0n) is 11.9. The largest absolute Gasteiger partial charge is 0.481 e. The first-order valence-corrected chi connectivity index (χ1v) is 7.07. The molecule has 0 fully saturated rings. The van der Waals surface area contributed by atoms with Gasteiger partial charge in [-0.15, -0.1) is 0 Å². The molecule has 0 aliphatic carbocycles. The van der Waals surface area contributed by atoms with Crippen LogP contribution in [0.1, 0.15) is 53.5 Å². The summed E-state index contributed by atoms with van der Waals surface area (Å²) in [6, 6.07) is 3.24. The number of pyridine rings is 1. The molecule has 1 N–H and O–H groups in total. The predicted octanol–water partition coefficient (Wildman–Crippen LogP) is 1.96. The number of nitrogens with zero attached hydrogens (tertiary/aromatic N) is 2. The number of carbonyl (C=O) groups excluding carboxylic acids is 2. The van der Waals surface area contributed by atoms with Crippen LogP contribution in [-0.2, 0) is 4.79 Å². The van der Waals surface area contributed by atoms with E-state index in [1.807, 2.05) is 6.92 Å². The summed E-state index contributed by atoms with van der Waals surface area (Å²) in [4.78, 5) is 40.0. The summed E-state index contributed by atoms with van der Waals surface area (Å²) in [6.45, 7) is 2.29. The minimum absolute atomic E-state index is 0.113. The van der Waals surface area contributed by atoms with Crippen LogP contribution in [0.25, 0.3) is 0 Å². The van der Waals surface area contributed by atoms with E-state index in [9.17, 15) is 14.4 Å². The summed E-state index contributed by atoms with van der Waals surface area (Å²) in [7, 11) is 0. The second-order valence-corrected chi connectivity index (χ2v) is 5.16. The molecule has 112 valence electrons. The number of imide groups is 1. The number of amides is 2. The molecule has 1 aromatic heterocycles. The van der Waals surface area contributed by atoms with Crippen molar-refractivity contribution in [3.63, 3.8) is 0 Å². The Morgan fingerprint density at radius 1 is 1.33 bits per heavy atom. The van der Waals surface area contributed by atoms with Gasteiger partial charge in [0.15, 0.2) is 0 Å². The maximum atomic E-state index is 12.1. The molecule has 0 bridgehead atoms. The van der Waals surface area contributed by atoms with Crippen molar-refractivity contribution in [3.8, 4) is 0 Å². The second kappa shape index (κ2) is 6.47. The van der Waals surface area contributed by atoms with E-state index in [2.05, 4.69) is 4.98 Å². The molecule has 1 atom stereocenters. The second-order valence-electron chi connectivity index (χ2n) is 5.16. The minimum atomic E-state index is -0.821. The van der Waals surface area contributed by atoms with Crippen LogP contribution >= 0.6 is 0 Å². The zero-order valence-corrected chi connectivity index (χ0v) is 11.9. The van der Waals surface area contributed by atoms with Gasteiger partial charge in [0.25, 0.3) is 11.8 Å². The predicted molar refractivity (Wildman–Crippen MR) is 74.9 cm³/mol. The number of hydrogen-bond acceptors (Lipinski definition) is 4. The molecule has 0 saturated heterocycles. The Morgan fingerprint density at radius 3 is 2.71 bits per heavy atom. The van der Waals surface area contributed by atoms with E-state index in [1.165, 1.54) is 11.1 Å². The molecule has 2 amide bonds. The van der Waals surface area contributed by atoms with E-state index in [-0.39, 0.29) is 29.8 Å². The van der Waals surface area contributed by atoms with E-state index in [4.69, 9.17) is 5.11 Å². The smallest absolute Gasteiger partial charge is 0.303 e. The molecular weight excluding hydrogens is 272 g/mol. The Balaban J connectivity index is 1.97. The molecule has 0 aromatic carbocycles. The standard InChI is InChI=1S/C15H18N2O4/c1-2-10(5-6-12(18)19)7-9-17-14(20)11-4-3-8-16-13(11)15(17)21/h3-4,8,10H,2,5-7,9H2,1H3,(H,18,19). The van der Waals surface area contributed by atoms with Gasteiger partial charge >= 0.3 is 5.97 Å². The van der Waals surface area contributed by atoms with Crippen molar-refractivity contribution in [3.05, 3.63) is 29.6 Å². The Labute approximate surface area is 122 Å². The van der Waals surface area contributed by atoms with Crippen LogP contribution in [0.15, 0.2) is 18.3 Å². The quantitative estimate of drug-likeness (QED) is 0.775. The lowest BCUT2D eigenvalue weighted by molar-refractivity contribution is -0.137. The van der Waals surface area contributed by atoms with Crippen molar-refractivity contribution < 1.29 is 19.5 Å². The molecule has 0 spiro atoms. The lowest BCUT2D eigenvalue weighted by atomic mass is 9.96. The highest BCUT2D eigenvalue weighted by atomic mass is 16.4. The van der Waals surface area contributed by atoms with Crippen molar-refractivity contribution in [2.75, 3.05) is 6.54 Å². The van der Waals surface area contributed by atoms with Crippen LogP contribution in [-0.4, -0.2) is 39.3 Å². The number of carbonyl (C=O) groups is 3. The lowest BCUT2D eigenvalue weighted by Gasteiger charge is -2.18. The molecule has 1 aliphatic heterocycles. The number of fused-ring (bicyclic) bond motifs is 1. The fourth-order valence-electron chi connectivity index (χ4n) is 2.51. The van der Waals surface area contributed by atoms with Gasteiger partial charge in [-0.2, -0.15) is 0 Å². The van der Waals surface area contributed by atoms with Gasteiger partial charge in [-0.1, -0.05) is 13.3 Å². The average molecular weight is 290 g/mol. The molecule has 2 rings (SSSR count). The zero-order chi connectivity index (χ0) is 15.4. The SMILES string of the molecule is CCC(CCC(=O)O)CCN1C(=O)c2cccnc2C1=O. The van der Waals surface area contributed by atoms with E-state index in [1.54, 1.807) is 12.1 Å². The molecule has 1 aliphatic rings. The Morgan fingerprint density at radius 2 is 2.10 bits per heavy atom. The molecule has 21 heavy (non-hydrogen) atoms. The number of hydrogen-bond donors (Lipinski definition) is 1. The molecule has 6 heteroatoms. The summed E-state index contributed by atoms with van der Waals surface area (Å²) in [5.74, 6) is -1.29. The topological polar surface area (TPSA) is 87.6 Å². The minimum Gasteiger partial charge on any atom is -0.481 e. The van der Waals surface area contributed by atoms with Crippen molar-refractivity contribution in [2.24, 2.45) is 5.92 Å². The molecule has 0 radical (unpaired) electrons. The third kappa shape index (κ3) is 3.26. The van der Waals surface area contributed by atoms with Crippen LogP contribution in [0.3, 0.4) is 0 Å². The monoisotopic (exact) mass is 290 g/mol. The van der Waals surface area contributed by atoms with Crippen LogP contribution in [0.5, 0.6) is 0 Å². The van der Waals surface area contributed by atoms with E-state index in [0.29, 0.717) is 24.9 Å². The number of aliphatic carboxylic acids is 1. The highest BCUT2D eigenvalue weighted by Crippen LogP contribution is 2.23. The van der Waals surface area contributed by atoms with Crippen LogP contribution in [0.2, 0.25) is 0 Å². The first-order chi connectivity index (χ1) is 10.0. The summed E-state index contributed by atoms with van der Waals surface area (Å²) >= 11 is 0. The molecule has 6 nitrogen and oxygen atoms in total. The van der Waals surface area contributed by atoms with Crippen molar-refractivity contribution >= 4 is 17.8 Å². The summed E-state index contributed by atoms with van der Waals surface area (Å²) in [5, 5.41) is 8.71. The summed E-state index contributed by atoms with van der Waals surface area (Å²) in [5.41, 5.74) is 0.558. The van der Waals surface area contributed by atoms with Gasteiger partial charge in [-0.25, -0.2) is 0 Å². The number of carboxylic acid groups (broad SMARTS) is 1. The van der Waals surface area contributed by atoms with Gasteiger partial charge in [0.2, 0.25) is 0 Å². The summed E-state index contributed by atoms with van der Waals surface area (Å²) in [6.07, 6.45) is 3.62. The fourth-order valence-corrected chi connectivity index (χ4v) is 2.51. The van der Waals surface area contributed by atoms with Crippen molar-refractivity contribution in [1.29, 1.82) is 0 Å². The third-order valence-corrected chi connectivity index (χ3v) is 3.84. The lowest BCUT2D eigenvalue weighted by Crippen LogP contribution is -2.32. The van der Waals surface area contributed by atoms with Gasteiger partial charge in [0.05, 0.1) is 5.56 Å². The van der Waals surface area contributed by atoms with Crippen LogP contribution in [0, 0.1) is 5.92 Å². The van der Waals surface area contributed by atoms with Crippen molar-refractivity contribution in [2.45, 2.75) is 32.6 Å². The number of aromatic nitrogens is 1. The first kappa shape index (κ1) is 15.2. The Kier molecular flexibility index (Phi) is 4.67. The van der Waals surface area contributed by atoms with Gasteiger partial charge in [0.1, 0.15) is 5.69 Å². The Bertz CT molecular complexity index is 536. The molecule has 1 aromatic rings. The number of rotatable bonds is 7. The molecular formula is C15H18N2O4. The van der Waals surface area contributed by atoms with Gasteiger partial charge < -0.3 is 5.11 Å². The fraction of sp³-hybridized carbons (Fsp3) is 0.467. The highest BCUT2D eigenvalue weighted by Gasteiger charge is 2.36. The van der Waals surface area contributed by atoms with E-state index >= 15 is 0 Å². The average Bonchev–Trinajstić information content (AvgIpc) is 2.72. The van der Waals surface area contributed by atoms with Gasteiger partial charge in [-0.3, -0.25) is 24.3 Å². The maximum Gasteiger partial charge on any atom is 0.303 e. The van der Waals surface area contributed by atoms with E-state index in [0.717, 1.165) is 6.42 Å². The highest BCUT2D eigenvalue weighted by molar-refractivity contribution is 6.20. The molecule has 0 saturated carbocycles. The molecule has 1 unspecified atom stereocenters. The van der Waals surface area contributed by atoms with Crippen LogP contribution in [0.4, 0.5) is 0 Å².